The number of nitrogens with zero attached hydrogens (tertiary/aromatic N) is 8. The number of hydrogen-bond donors (Lipinski definition) is 0. The van der Waals surface area contributed by atoms with E-state index in [2.05, 4.69) is 25.3 Å². The highest BCUT2D eigenvalue weighted by molar-refractivity contribution is 5.46. The zero-order valence-corrected chi connectivity index (χ0v) is 15.7. The molecule has 154 valence electrons. The number of aryl methyl sites for hydroxylation is 1. The highest BCUT2D eigenvalue weighted by atomic mass is 19.4. The van der Waals surface area contributed by atoms with E-state index in [1.54, 1.807) is 12.1 Å². The van der Waals surface area contributed by atoms with Gasteiger partial charge in [0.05, 0.1) is 12.2 Å². The van der Waals surface area contributed by atoms with Gasteiger partial charge in [0.1, 0.15) is 5.82 Å². The van der Waals surface area contributed by atoms with Gasteiger partial charge in [-0.05, 0) is 25.1 Å². The number of rotatable bonds is 4. The van der Waals surface area contributed by atoms with Crippen molar-refractivity contribution in [2.75, 3.05) is 37.6 Å². The van der Waals surface area contributed by atoms with Gasteiger partial charge in [-0.15, -0.1) is 15.3 Å². The van der Waals surface area contributed by atoms with E-state index in [1.165, 1.54) is 16.8 Å². The fourth-order valence-electron chi connectivity index (χ4n) is 3.27. The van der Waals surface area contributed by atoms with Crippen molar-refractivity contribution in [3.63, 3.8) is 0 Å². The summed E-state index contributed by atoms with van der Waals surface area (Å²) in [6.07, 6.45) is -4.62. The Morgan fingerprint density at radius 3 is 2.45 bits per heavy atom. The average molecular weight is 408 g/mol. The first-order valence-electron chi connectivity index (χ1n) is 9.13. The molecule has 0 saturated carbocycles. The molecule has 1 aliphatic heterocycles. The molecule has 0 amide bonds. The Morgan fingerprint density at radius 2 is 1.72 bits per heavy atom. The largest absolute Gasteiger partial charge is 0.453 e. The summed E-state index contributed by atoms with van der Waals surface area (Å²) in [6.45, 7) is 5.61. The molecule has 1 fully saturated rings. The minimum Gasteiger partial charge on any atom is -0.353 e. The lowest BCUT2D eigenvalue weighted by Gasteiger charge is -2.35. The lowest BCUT2D eigenvalue weighted by atomic mass is 10.3. The van der Waals surface area contributed by atoms with E-state index in [9.17, 15) is 18.0 Å². The number of halogens is 3. The van der Waals surface area contributed by atoms with E-state index in [4.69, 9.17) is 0 Å². The molecule has 12 heteroatoms. The van der Waals surface area contributed by atoms with Crippen LogP contribution in [0.2, 0.25) is 0 Å². The monoisotopic (exact) mass is 408 g/mol. The maximum atomic E-state index is 13.0. The SMILES string of the molecule is Cc1ccc(=O)n(CCN2CCN(c3ccc4nnc(C(F)(F)F)n4n3)CC2)n1. The van der Waals surface area contributed by atoms with Gasteiger partial charge in [0, 0.05) is 38.8 Å². The van der Waals surface area contributed by atoms with Crippen LogP contribution in [0.3, 0.4) is 0 Å². The smallest absolute Gasteiger partial charge is 0.353 e. The van der Waals surface area contributed by atoms with Crippen LogP contribution < -0.4 is 10.5 Å². The van der Waals surface area contributed by atoms with Crippen molar-refractivity contribution in [1.29, 1.82) is 0 Å². The summed E-state index contributed by atoms with van der Waals surface area (Å²) in [5, 5.41) is 15.0. The lowest BCUT2D eigenvalue weighted by Crippen LogP contribution is -2.48. The van der Waals surface area contributed by atoms with Crippen LogP contribution in [-0.2, 0) is 12.7 Å². The Bertz CT molecular complexity index is 1070. The predicted octanol–water partition coefficient (Wildman–Crippen LogP) is 0.830. The molecule has 0 spiro atoms. The first-order chi connectivity index (χ1) is 13.8. The van der Waals surface area contributed by atoms with E-state index >= 15 is 0 Å². The molecule has 4 heterocycles. The number of fused-ring (bicyclic) bond motifs is 1. The third-order valence-electron chi connectivity index (χ3n) is 4.83. The molecule has 0 radical (unpaired) electrons. The summed E-state index contributed by atoms with van der Waals surface area (Å²) in [5.74, 6) is -0.692. The van der Waals surface area contributed by atoms with Crippen molar-refractivity contribution >= 4 is 11.5 Å². The summed E-state index contributed by atoms with van der Waals surface area (Å²) in [5.41, 5.74) is 0.694. The zero-order chi connectivity index (χ0) is 20.6. The molecule has 0 aliphatic carbocycles. The molecule has 4 rings (SSSR count). The zero-order valence-electron chi connectivity index (χ0n) is 15.7. The van der Waals surface area contributed by atoms with Crippen molar-refractivity contribution in [1.82, 2.24) is 34.5 Å². The van der Waals surface area contributed by atoms with Crippen LogP contribution >= 0.6 is 0 Å². The van der Waals surface area contributed by atoms with E-state index in [1.807, 2.05) is 11.8 Å². The number of aromatic nitrogens is 6. The normalized spacial score (nSPS) is 15.9. The first kappa shape index (κ1) is 19.3. The van der Waals surface area contributed by atoms with Crippen molar-refractivity contribution in [2.24, 2.45) is 0 Å². The molecular formula is C17H19F3N8O. The summed E-state index contributed by atoms with van der Waals surface area (Å²) in [4.78, 5) is 15.9. The molecule has 29 heavy (non-hydrogen) atoms. The highest BCUT2D eigenvalue weighted by Gasteiger charge is 2.37. The van der Waals surface area contributed by atoms with Gasteiger partial charge >= 0.3 is 6.18 Å². The molecule has 0 bridgehead atoms. The van der Waals surface area contributed by atoms with Crippen molar-refractivity contribution in [3.05, 3.63) is 46.1 Å². The number of hydrogen-bond acceptors (Lipinski definition) is 7. The third-order valence-corrected chi connectivity index (χ3v) is 4.83. The molecule has 1 aliphatic rings. The second kappa shape index (κ2) is 7.43. The molecule has 0 unspecified atom stereocenters. The number of anilines is 1. The lowest BCUT2D eigenvalue weighted by molar-refractivity contribution is -0.146. The van der Waals surface area contributed by atoms with Crippen LogP contribution in [0.25, 0.3) is 5.65 Å². The Hall–Kier alpha value is -3.02. The highest BCUT2D eigenvalue weighted by Crippen LogP contribution is 2.28. The minimum atomic E-state index is -4.62. The number of alkyl halides is 3. The van der Waals surface area contributed by atoms with E-state index in [0.29, 0.717) is 45.1 Å². The first-order valence-corrected chi connectivity index (χ1v) is 9.13. The molecule has 1 saturated heterocycles. The van der Waals surface area contributed by atoms with E-state index in [-0.39, 0.29) is 11.2 Å². The second-order valence-electron chi connectivity index (χ2n) is 6.85. The van der Waals surface area contributed by atoms with Gasteiger partial charge in [-0.3, -0.25) is 9.69 Å². The number of piperazine rings is 1. The fourth-order valence-corrected chi connectivity index (χ4v) is 3.27. The molecule has 0 aromatic carbocycles. The molecule has 9 nitrogen and oxygen atoms in total. The van der Waals surface area contributed by atoms with Gasteiger partial charge in [-0.25, -0.2) is 4.68 Å². The second-order valence-corrected chi connectivity index (χ2v) is 6.85. The third kappa shape index (κ3) is 4.06. The van der Waals surface area contributed by atoms with Gasteiger partial charge in [0.2, 0.25) is 0 Å². The molecular weight excluding hydrogens is 389 g/mol. The van der Waals surface area contributed by atoms with E-state index in [0.717, 1.165) is 10.2 Å². The average Bonchev–Trinajstić information content (AvgIpc) is 3.13. The van der Waals surface area contributed by atoms with Crippen LogP contribution in [0.4, 0.5) is 19.0 Å². The molecule has 0 atom stereocenters. The van der Waals surface area contributed by atoms with Crippen LogP contribution in [0.5, 0.6) is 0 Å². The van der Waals surface area contributed by atoms with Gasteiger partial charge in [0.25, 0.3) is 11.4 Å². The molecule has 0 N–H and O–H groups in total. The van der Waals surface area contributed by atoms with Gasteiger partial charge in [0.15, 0.2) is 5.65 Å². The molecule has 3 aromatic rings. The quantitative estimate of drug-likeness (QED) is 0.632. The summed E-state index contributed by atoms with van der Waals surface area (Å²) >= 11 is 0. The van der Waals surface area contributed by atoms with Gasteiger partial charge in [-0.1, -0.05) is 0 Å². The Morgan fingerprint density at radius 1 is 0.966 bits per heavy atom. The Labute approximate surface area is 163 Å². The Balaban J connectivity index is 1.40. The minimum absolute atomic E-state index is 0.0517. The van der Waals surface area contributed by atoms with Crippen molar-refractivity contribution in [2.45, 2.75) is 19.6 Å². The topological polar surface area (TPSA) is 84.5 Å². The van der Waals surface area contributed by atoms with Crippen LogP contribution in [0.1, 0.15) is 11.5 Å². The van der Waals surface area contributed by atoms with Gasteiger partial charge < -0.3 is 4.90 Å². The van der Waals surface area contributed by atoms with Crippen molar-refractivity contribution in [3.8, 4) is 0 Å². The van der Waals surface area contributed by atoms with Gasteiger partial charge in [-0.2, -0.15) is 22.8 Å². The van der Waals surface area contributed by atoms with Crippen LogP contribution in [-0.4, -0.2) is 67.2 Å². The molecule has 3 aromatic heterocycles. The fraction of sp³-hybridized carbons (Fsp3) is 0.471. The Kier molecular flexibility index (Phi) is 4.94. The standard InChI is InChI=1S/C17H19F3N8O/c1-12-2-5-15(29)27(23-12)11-8-25-6-9-26(10-7-25)14-4-3-13-21-22-16(17(18,19)20)28(13)24-14/h2-5H,6-11H2,1H3. The summed E-state index contributed by atoms with van der Waals surface area (Å²) in [7, 11) is 0. The maximum Gasteiger partial charge on any atom is 0.453 e. The summed E-state index contributed by atoms with van der Waals surface area (Å²) in [6, 6.07) is 6.31. The summed E-state index contributed by atoms with van der Waals surface area (Å²) < 4.78 is 41.3. The van der Waals surface area contributed by atoms with E-state index < -0.39 is 12.0 Å². The maximum absolute atomic E-state index is 13.0. The predicted molar refractivity (Wildman–Crippen MR) is 97.7 cm³/mol. The van der Waals surface area contributed by atoms with Crippen LogP contribution in [0, 0.1) is 6.92 Å². The van der Waals surface area contributed by atoms with Crippen LogP contribution in [0.15, 0.2) is 29.1 Å². The van der Waals surface area contributed by atoms with Crippen molar-refractivity contribution < 1.29 is 13.2 Å².